The summed E-state index contributed by atoms with van der Waals surface area (Å²) in [7, 11) is -1.58. The third-order valence-electron chi connectivity index (χ3n) is 5.18. The van der Waals surface area contributed by atoms with Gasteiger partial charge in [-0.25, -0.2) is 0 Å². The molecule has 0 atom stereocenters. The first-order chi connectivity index (χ1) is 15.8. The van der Waals surface area contributed by atoms with Gasteiger partial charge >= 0.3 is 7.12 Å². The van der Waals surface area contributed by atoms with Gasteiger partial charge in [0.05, 0.1) is 12.2 Å². The largest absolute Gasteiger partial charge is 0.491 e. The molecule has 33 heavy (non-hydrogen) atoms. The fourth-order valence-electron chi connectivity index (χ4n) is 3.90. The minimum atomic E-state index is -1.58. The van der Waals surface area contributed by atoms with Crippen LogP contribution in [0.4, 0.5) is 0 Å². The minimum absolute atomic E-state index is 0.0277. The first kappa shape index (κ1) is 24.6. The highest BCUT2D eigenvalue weighted by atomic mass is 16.5. The van der Waals surface area contributed by atoms with E-state index in [-0.39, 0.29) is 12.2 Å². The summed E-state index contributed by atoms with van der Waals surface area (Å²) in [6.07, 6.45) is 0.832. The number of benzene rings is 3. The van der Waals surface area contributed by atoms with Crippen LogP contribution < -0.4 is 14.9 Å². The van der Waals surface area contributed by atoms with Gasteiger partial charge in [-0.05, 0) is 91.7 Å². The molecule has 0 amide bonds. The summed E-state index contributed by atoms with van der Waals surface area (Å²) in [6.45, 7) is 10.0. The zero-order chi connectivity index (χ0) is 24.0. The second-order valence-electron chi connectivity index (χ2n) is 8.60. The van der Waals surface area contributed by atoms with E-state index in [1.165, 1.54) is 0 Å². The molecule has 0 fully saturated rings. The Labute approximate surface area is 197 Å². The summed E-state index contributed by atoms with van der Waals surface area (Å²) in [4.78, 5) is 0. The molecule has 0 bridgehead atoms. The van der Waals surface area contributed by atoms with Crippen LogP contribution in [0.25, 0.3) is 11.1 Å². The van der Waals surface area contributed by atoms with Crippen LogP contribution in [-0.2, 0) is 0 Å². The molecular weight excluding hydrogens is 411 g/mol. The zero-order valence-electron chi connectivity index (χ0n) is 20.1. The second-order valence-corrected chi connectivity index (χ2v) is 8.60. The summed E-state index contributed by atoms with van der Waals surface area (Å²) in [5.41, 5.74) is 5.65. The Hall–Kier alpha value is -3.02. The van der Waals surface area contributed by atoms with Crippen LogP contribution >= 0.6 is 0 Å². The van der Waals surface area contributed by atoms with Crippen molar-refractivity contribution in [1.29, 1.82) is 0 Å². The summed E-state index contributed by atoms with van der Waals surface area (Å²) < 4.78 is 11.8. The monoisotopic (exact) mass is 444 g/mol. The Kier molecular flexibility index (Phi) is 8.37. The van der Waals surface area contributed by atoms with Gasteiger partial charge in [-0.2, -0.15) is 0 Å². The molecule has 2 N–H and O–H groups in total. The van der Waals surface area contributed by atoms with Gasteiger partial charge in [-0.1, -0.05) is 55.5 Å². The van der Waals surface area contributed by atoms with Gasteiger partial charge in [0.2, 0.25) is 0 Å². The molecule has 0 unspecified atom stereocenters. The maximum atomic E-state index is 9.91. The first-order valence-corrected chi connectivity index (χ1v) is 11.5. The quantitative estimate of drug-likeness (QED) is 0.347. The van der Waals surface area contributed by atoms with Crippen molar-refractivity contribution < 1.29 is 19.5 Å². The Morgan fingerprint density at radius 1 is 0.727 bits per heavy atom. The van der Waals surface area contributed by atoms with Gasteiger partial charge in [-0.15, -0.1) is 0 Å². The fourth-order valence-corrected chi connectivity index (χ4v) is 3.90. The van der Waals surface area contributed by atoms with E-state index >= 15 is 0 Å². The summed E-state index contributed by atoms with van der Waals surface area (Å²) in [6, 6.07) is 23.9. The maximum Gasteiger partial charge on any atom is 0.488 e. The van der Waals surface area contributed by atoms with E-state index in [0.29, 0.717) is 11.2 Å². The van der Waals surface area contributed by atoms with Crippen molar-refractivity contribution in [3.05, 3.63) is 89.5 Å². The molecule has 3 aromatic carbocycles. The van der Waals surface area contributed by atoms with Crippen LogP contribution in [0.3, 0.4) is 0 Å². The van der Waals surface area contributed by atoms with Crippen molar-refractivity contribution in [3.8, 4) is 11.5 Å². The lowest BCUT2D eigenvalue weighted by molar-refractivity contribution is 0.242. The van der Waals surface area contributed by atoms with Crippen LogP contribution in [0.5, 0.6) is 11.5 Å². The van der Waals surface area contributed by atoms with Crippen LogP contribution in [-0.4, -0.2) is 29.4 Å². The normalized spacial score (nSPS) is 12.0. The molecule has 3 rings (SSSR count). The number of rotatable bonds is 9. The summed E-state index contributed by atoms with van der Waals surface area (Å²) >= 11 is 0. The molecule has 0 spiro atoms. The smallest absolute Gasteiger partial charge is 0.488 e. The van der Waals surface area contributed by atoms with E-state index in [9.17, 15) is 10.0 Å². The molecule has 5 heteroatoms. The van der Waals surface area contributed by atoms with Crippen LogP contribution in [0.15, 0.2) is 72.8 Å². The third-order valence-corrected chi connectivity index (χ3v) is 5.18. The van der Waals surface area contributed by atoms with Gasteiger partial charge in [-0.3, -0.25) is 0 Å². The molecule has 0 aliphatic rings. The molecule has 0 heterocycles. The molecule has 3 aromatic rings. The highest BCUT2D eigenvalue weighted by Gasteiger charge is 2.19. The van der Waals surface area contributed by atoms with E-state index in [1.54, 1.807) is 6.07 Å². The molecule has 0 aromatic heterocycles. The van der Waals surface area contributed by atoms with Crippen LogP contribution in [0.1, 0.15) is 57.7 Å². The molecule has 0 aliphatic carbocycles. The van der Waals surface area contributed by atoms with Gasteiger partial charge < -0.3 is 19.5 Å². The Morgan fingerprint density at radius 2 is 1.30 bits per heavy atom. The van der Waals surface area contributed by atoms with Crippen molar-refractivity contribution in [2.75, 3.05) is 0 Å². The van der Waals surface area contributed by atoms with Crippen molar-refractivity contribution in [2.45, 2.75) is 53.2 Å². The number of hydrogen-bond acceptors (Lipinski definition) is 4. The Bertz CT molecular complexity index is 1070. The number of allylic oxidation sites excluding steroid dienone is 1. The SMILES string of the molecule is CC/C(=C(/c1ccccc1)c1ccc(OC(C)C)cc1)c1cc(OC(C)C)cc(B(O)O)c1. The Balaban J connectivity index is 2.23. The number of ether oxygens (including phenoxy) is 2. The maximum absolute atomic E-state index is 9.91. The third kappa shape index (κ3) is 6.50. The minimum Gasteiger partial charge on any atom is -0.491 e. The average Bonchev–Trinajstić information content (AvgIpc) is 2.77. The topological polar surface area (TPSA) is 58.9 Å². The standard InChI is InChI=1S/C28H33BO4/c1-6-27(23-16-24(29(30)31)18-26(17-23)33-20(4)5)28(21-10-8-7-9-11-21)22-12-14-25(15-13-22)32-19(2)3/h7-20,30-31H,6H2,1-5H3/b28-27+. The van der Waals surface area contributed by atoms with Crippen molar-refractivity contribution in [1.82, 2.24) is 0 Å². The molecule has 0 saturated heterocycles. The molecule has 172 valence electrons. The lowest BCUT2D eigenvalue weighted by atomic mass is 9.77. The predicted molar refractivity (Wildman–Crippen MR) is 137 cm³/mol. The van der Waals surface area contributed by atoms with E-state index in [0.717, 1.165) is 40.0 Å². The lowest BCUT2D eigenvalue weighted by Crippen LogP contribution is -2.30. The van der Waals surface area contributed by atoms with Crippen molar-refractivity contribution >= 4 is 23.7 Å². The van der Waals surface area contributed by atoms with Gasteiger partial charge in [0, 0.05) is 0 Å². The average molecular weight is 444 g/mol. The van der Waals surface area contributed by atoms with E-state index < -0.39 is 7.12 Å². The van der Waals surface area contributed by atoms with Gasteiger partial charge in [0.25, 0.3) is 0 Å². The molecule has 4 nitrogen and oxygen atoms in total. The van der Waals surface area contributed by atoms with E-state index in [2.05, 4.69) is 31.2 Å². The highest BCUT2D eigenvalue weighted by Crippen LogP contribution is 2.36. The zero-order valence-corrected chi connectivity index (χ0v) is 20.1. The molecular formula is C28H33BO4. The fraction of sp³-hybridized carbons (Fsp3) is 0.286. The van der Waals surface area contributed by atoms with Crippen LogP contribution in [0, 0.1) is 0 Å². The molecule has 0 radical (unpaired) electrons. The predicted octanol–water partition coefficient (Wildman–Crippen LogP) is 5.31. The highest BCUT2D eigenvalue weighted by molar-refractivity contribution is 6.58. The summed E-state index contributed by atoms with van der Waals surface area (Å²) in [5.74, 6) is 1.45. The van der Waals surface area contributed by atoms with Gasteiger partial charge in [0.1, 0.15) is 11.5 Å². The van der Waals surface area contributed by atoms with E-state index in [4.69, 9.17) is 9.47 Å². The first-order valence-electron chi connectivity index (χ1n) is 11.5. The van der Waals surface area contributed by atoms with Gasteiger partial charge in [0.15, 0.2) is 0 Å². The lowest BCUT2D eigenvalue weighted by Gasteiger charge is -2.19. The van der Waals surface area contributed by atoms with Crippen molar-refractivity contribution in [3.63, 3.8) is 0 Å². The molecule has 0 aliphatic heterocycles. The molecule has 0 saturated carbocycles. The van der Waals surface area contributed by atoms with Crippen molar-refractivity contribution in [2.24, 2.45) is 0 Å². The summed E-state index contributed by atoms with van der Waals surface area (Å²) in [5, 5.41) is 19.8. The second kappa shape index (κ2) is 11.2. The Morgan fingerprint density at radius 3 is 1.85 bits per heavy atom. The number of hydrogen-bond donors (Lipinski definition) is 2. The van der Waals surface area contributed by atoms with Crippen LogP contribution in [0.2, 0.25) is 0 Å². The van der Waals surface area contributed by atoms with E-state index in [1.807, 2.05) is 70.2 Å².